The number of nitrogens with zero attached hydrogens (tertiary/aromatic N) is 2. The van der Waals surface area contributed by atoms with Gasteiger partial charge in [0.15, 0.2) is 0 Å². The van der Waals surface area contributed by atoms with Gasteiger partial charge in [0.2, 0.25) is 10.0 Å². The van der Waals surface area contributed by atoms with Crippen molar-refractivity contribution in [3.63, 3.8) is 0 Å². The van der Waals surface area contributed by atoms with Crippen LogP contribution in [0, 0.1) is 19.7 Å². The fraction of sp³-hybridized carbons (Fsp3) is 0.296. The molecule has 36 heavy (non-hydrogen) atoms. The number of aryl methyl sites for hydroxylation is 2. The van der Waals surface area contributed by atoms with Crippen LogP contribution in [0.3, 0.4) is 0 Å². The topological polar surface area (TPSA) is 78.9 Å². The van der Waals surface area contributed by atoms with E-state index in [1.807, 2.05) is 45.0 Å². The van der Waals surface area contributed by atoms with E-state index < -0.39 is 21.7 Å². The number of hydrogen-bond donors (Lipinski definition) is 1. The molecule has 0 unspecified atom stereocenters. The van der Waals surface area contributed by atoms with Crippen LogP contribution in [-0.4, -0.2) is 51.4 Å². The van der Waals surface area contributed by atoms with E-state index in [0.717, 1.165) is 28.9 Å². The van der Waals surface area contributed by atoms with Crippen LogP contribution >= 0.6 is 0 Å². The molecule has 190 valence electrons. The molecule has 4 rings (SSSR count). The highest BCUT2D eigenvalue weighted by atomic mass is 32.2. The van der Waals surface area contributed by atoms with Crippen molar-refractivity contribution in [2.24, 2.45) is 0 Å². The molecule has 1 saturated heterocycles. The zero-order valence-corrected chi connectivity index (χ0v) is 21.6. The number of ether oxygens (including phenoxy) is 1. The molecule has 1 aliphatic rings. The average molecular weight is 512 g/mol. The predicted molar refractivity (Wildman–Crippen MR) is 139 cm³/mol. The van der Waals surface area contributed by atoms with Crippen molar-refractivity contribution in [3.05, 3.63) is 83.2 Å². The number of anilines is 2. The Morgan fingerprint density at radius 1 is 1.03 bits per heavy atom. The van der Waals surface area contributed by atoms with E-state index in [4.69, 9.17) is 4.74 Å². The van der Waals surface area contributed by atoms with Crippen molar-refractivity contribution in [2.75, 3.05) is 37.0 Å². The fourth-order valence-electron chi connectivity index (χ4n) is 4.43. The van der Waals surface area contributed by atoms with Crippen LogP contribution in [0.1, 0.15) is 28.4 Å². The highest BCUT2D eigenvalue weighted by molar-refractivity contribution is 7.89. The van der Waals surface area contributed by atoms with Crippen molar-refractivity contribution in [2.45, 2.75) is 31.7 Å². The molecule has 9 heteroatoms. The van der Waals surface area contributed by atoms with Crippen LogP contribution in [0.15, 0.2) is 65.6 Å². The minimum atomic E-state index is -3.94. The van der Waals surface area contributed by atoms with Gasteiger partial charge in [-0.15, -0.1) is 0 Å². The molecule has 3 aromatic carbocycles. The maximum absolute atomic E-state index is 14.6. The maximum Gasteiger partial charge on any atom is 0.258 e. The number of hydrogen-bond acceptors (Lipinski definition) is 5. The van der Waals surface area contributed by atoms with Crippen LogP contribution in [0.25, 0.3) is 0 Å². The third-order valence-corrected chi connectivity index (χ3v) is 8.21. The number of rotatable bonds is 6. The van der Waals surface area contributed by atoms with Gasteiger partial charge in [-0.3, -0.25) is 4.79 Å². The Hall–Kier alpha value is -3.43. The summed E-state index contributed by atoms with van der Waals surface area (Å²) in [4.78, 5) is 15.0. The number of piperazine rings is 1. The second kappa shape index (κ2) is 10.3. The SMILES string of the molecule is COc1ccc(C)cc1NC(=O)c1cc(S(=O)(=O)N2CCN(c3cccc(C)c3)[C@@H](C)C2)ccc1F. The van der Waals surface area contributed by atoms with Crippen molar-refractivity contribution < 1.29 is 22.3 Å². The summed E-state index contributed by atoms with van der Waals surface area (Å²) in [5.41, 5.74) is 3.08. The summed E-state index contributed by atoms with van der Waals surface area (Å²) in [5.74, 6) is -1.15. The van der Waals surface area contributed by atoms with E-state index in [2.05, 4.69) is 16.3 Å². The van der Waals surface area contributed by atoms with Gasteiger partial charge in [-0.05, 0) is 74.4 Å². The number of carbonyl (C=O) groups excluding carboxylic acids is 1. The van der Waals surface area contributed by atoms with Crippen molar-refractivity contribution in [3.8, 4) is 5.75 Å². The summed E-state index contributed by atoms with van der Waals surface area (Å²) in [5, 5.41) is 2.63. The van der Waals surface area contributed by atoms with Gasteiger partial charge in [0.05, 0.1) is 23.3 Å². The molecule has 1 N–H and O–H groups in total. The molecule has 7 nitrogen and oxygen atoms in total. The Labute approximate surface area is 211 Å². The highest BCUT2D eigenvalue weighted by Crippen LogP contribution is 2.28. The minimum absolute atomic E-state index is 0.0627. The predicted octanol–water partition coefficient (Wildman–Crippen LogP) is 4.60. The lowest BCUT2D eigenvalue weighted by atomic mass is 10.1. The molecule has 0 aromatic heterocycles. The molecule has 1 aliphatic heterocycles. The summed E-state index contributed by atoms with van der Waals surface area (Å²) in [6, 6.07) is 16.6. The molecule has 3 aromatic rings. The second-order valence-electron chi connectivity index (χ2n) is 9.04. The van der Waals surface area contributed by atoms with Gasteiger partial charge in [-0.25, -0.2) is 12.8 Å². The minimum Gasteiger partial charge on any atom is -0.495 e. The standard InChI is InChI=1S/C27H30FN3O4S/c1-18-6-5-7-21(14-18)31-13-12-30(17-20(31)3)36(33,34)22-9-10-24(28)23(16-22)27(32)29-25-15-19(2)8-11-26(25)35-4/h5-11,14-16,20H,12-13,17H2,1-4H3,(H,29,32)/t20-/m0/s1. The molecule has 0 bridgehead atoms. The normalized spacial score (nSPS) is 16.6. The van der Waals surface area contributed by atoms with Gasteiger partial charge in [-0.2, -0.15) is 4.31 Å². The van der Waals surface area contributed by atoms with E-state index in [9.17, 15) is 17.6 Å². The molecule has 0 saturated carbocycles. The van der Waals surface area contributed by atoms with Crippen LogP contribution < -0.4 is 15.0 Å². The Morgan fingerprint density at radius 2 is 1.78 bits per heavy atom. The van der Waals surface area contributed by atoms with E-state index in [1.165, 1.54) is 17.5 Å². The van der Waals surface area contributed by atoms with E-state index >= 15 is 0 Å². The van der Waals surface area contributed by atoms with Crippen molar-refractivity contribution in [1.29, 1.82) is 0 Å². The molecule has 1 amide bonds. The third kappa shape index (κ3) is 5.22. The molecule has 1 heterocycles. The Morgan fingerprint density at radius 3 is 2.47 bits per heavy atom. The van der Waals surface area contributed by atoms with Crippen LogP contribution in [0.4, 0.5) is 15.8 Å². The quantitative estimate of drug-likeness (QED) is 0.523. The van der Waals surface area contributed by atoms with Crippen molar-refractivity contribution in [1.82, 2.24) is 4.31 Å². The molecule has 0 radical (unpaired) electrons. The molecule has 0 aliphatic carbocycles. The first-order chi connectivity index (χ1) is 17.1. The first-order valence-electron chi connectivity index (χ1n) is 11.7. The number of amides is 1. The number of sulfonamides is 1. The summed E-state index contributed by atoms with van der Waals surface area (Å²) < 4.78 is 48.2. The Balaban J connectivity index is 1.56. The summed E-state index contributed by atoms with van der Waals surface area (Å²) >= 11 is 0. The van der Waals surface area contributed by atoms with Crippen LogP contribution in [-0.2, 0) is 10.0 Å². The number of halogens is 1. The van der Waals surface area contributed by atoms with E-state index in [1.54, 1.807) is 12.1 Å². The van der Waals surface area contributed by atoms with Gasteiger partial charge >= 0.3 is 0 Å². The smallest absolute Gasteiger partial charge is 0.258 e. The van der Waals surface area contributed by atoms with Gasteiger partial charge in [0, 0.05) is 31.4 Å². The average Bonchev–Trinajstić information content (AvgIpc) is 2.84. The highest BCUT2D eigenvalue weighted by Gasteiger charge is 2.33. The van der Waals surface area contributed by atoms with Gasteiger partial charge < -0.3 is 15.0 Å². The number of carbonyl (C=O) groups is 1. The lowest BCUT2D eigenvalue weighted by Crippen LogP contribution is -2.53. The van der Waals surface area contributed by atoms with Crippen LogP contribution in [0.5, 0.6) is 5.75 Å². The van der Waals surface area contributed by atoms with Gasteiger partial charge in [0.1, 0.15) is 11.6 Å². The zero-order chi connectivity index (χ0) is 26.0. The monoisotopic (exact) mass is 511 g/mol. The Kier molecular flexibility index (Phi) is 7.33. The van der Waals surface area contributed by atoms with E-state index in [0.29, 0.717) is 18.0 Å². The van der Waals surface area contributed by atoms with Crippen molar-refractivity contribution >= 4 is 27.3 Å². The fourth-order valence-corrected chi connectivity index (χ4v) is 5.97. The summed E-state index contributed by atoms with van der Waals surface area (Å²) in [7, 11) is -2.47. The second-order valence-corrected chi connectivity index (χ2v) is 11.0. The third-order valence-electron chi connectivity index (χ3n) is 6.35. The van der Waals surface area contributed by atoms with Crippen LogP contribution in [0.2, 0.25) is 0 Å². The number of nitrogens with one attached hydrogen (secondary N) is 1. The Bertz CT molecular complexity index is 1390. The maximum atomic E-state index is 14.6. The summed E-state index contributed by atoms with van der Waals surface area (Å²) in [6.07, 6.45) is 0. The lowest BCUT2D eigenvalue weighted by molar-refractivity contribution is 0.102. The molecular weight excluding hydrogens is 481 g/mol. The molecule has 0 spiro atoms. The van der Waals surface area contributed by atoms with E-state index in [-0.39, 0.29) is 29.6 Å². The molecule has 1 fully saturated rings. The van der Waals surface area contributed by atoms with Gasteiger partial charge in [-0.1, -0.05) is 18.2 Å². The first-order valence-corrected chi connectivity index (χ1v) is 13.1. The first kappa shape index (κ1) is 25.7. The zero-order valence-electron chi connectivity index (χ0n) is 20.8. The lowest BCUT2D eigenvalue weighted by Gasteiger charge is -2.40. The number of methoxy groups -OCH3 is 1. The molecule has 1 atom stereocenters. The summed E-state index contributed by atoms with van der Waals surface area (Å²) in [6.45, 7) is 6.92. The largest absolute Gasteiger partial charge is 0.495 e. The van der Waals surface area contributed by atoms with Gasteiger partial charge in [0.25, 0.3) is 5.91 Å². The number of benzene rings is 3. The molecular formula is C27H30FN3O4S.